The van der Waals surface area contributed by atoms with Crippen LogP contribution in [0.5, 0.6) is 0 Å². The summed E-state index contributed by atoms with van der Waals surface area (Å²) < 4.78 is 5.35. The molecular weight excluding hydrogens is 564 g/mol. The summed E-state index contributed by atoms with van der Waals surface area (Å²) in [6.45, 7) is 4.78. The quantitative estimate of drug-likeness (QED) is 0.284. The monoisotopic (exact) mass is 590 g/mol. The topological polar surface area (TPSA) is 194 Å². The zero-order valence-electron chi connectivity index (χ0n) is 23.2. The number of imide groups is 2. The number of carbonyl (C=O) groups is 5. The Bertz CT molecular complexity index is 1500. The molecule has 0 aromatic heterocycles. The molecule has 2 aromatic carbocycles. The van der Waals surface area contributed by atoms with Gasteiger partial charge >= 0.3 is 5.97 Å². The van der Waals surface area contributed by atoms with Gasteiger partial charge in [-0.15, -0.1) is 0 Å². The lowest BCUT2D eigenvalue weighted by atomic mass is 9.43. The van der Waals surface area contributed by atoms with Crippen molar-refractivity contribution in [3.8, 4) is 0 Å². The van der Waals surface area contributed by atoms with Gasteiger partial charge in [-0.3, -0.25) is 39.4 Å². The van der Waals surface area contributed by atoms with Gasteiger partial charge < -0.3 is 25.6 Å². The van der Waals surface area contributed by atoms with Crippen LogP contribution < -0.4 is 20.3 Å². The van der Waals surface area contributed by atoms with Crippen molar-refractivity contribution >= 4 is 52.3 Å². The summed E-state index contributed by atoms with van der Waals surface area (Å²) in [5.74, 6) is -8.85. The number of amides is 4. The minimum absolute atomic E-state index is 0.0123. The van der Waals surface area contributed by atoms with Crippen LogP contribution in [0.25, 0.3) is 0 Å². The van der Waals surface area contributed by atoms with Crippen LogP contribution in [0.15, 0.2) is 59.7 Å². The molecule has 4 unspecified atom stereocenters. The first-order chi connectivity index (χ1) is 20.4. The van der Waals surface area contributed by atoms with Crippen molar-refractivity contribution in [3.63, 3.8) is 0 Å². The van der Waals surface area contributed by atoms with Gasteiger partial charge in [0.15, 0.2) is 0 Å². The number of benzene rings is 2. The molecule has 4 amide bonds. The van der Waals surface area contributed by atoms with E-state index < -0.39 is 64.6 Å². The number of esters is 1. The Labute approximate surface area is 244 Å². The molecule has 2 aromatic rings. The van der Waals surface area contributed by atoms with Crippen molar-refractivity contribution in [2.75, 3.05) is 26.9 Å². The predicted molar refractivity (Wildman–Crippen MR) is 148 cm³/mol. The summed E-state index contributed by atoms with van der Waals surface area (Å²) in [6.07, 6.45) is 0. The molecule has 0 radical (unpaired) electrons. The fourth-order valence-corrected chi connectivity index (χ4v) is 7.78. The largest absolute Gasteiger partial charge is 0.733 e. The van der Waals surface area contributed by atoms with Crippen LogP contribution in [-0.2, 0) is 28.7 Å². The van der Waals surface area contributed by atoms with E-state index in [0.717, 1.165) is 9.80 Å². The van der Waals surface area contributed by atoms with Gasteiger partial charge in [0.1, 0.15) is 0 Å². The van der Waals surface area contributed by atoms with Crippen LogP contribution in [0.2, 0.25) is 0 Å². The highest BCUT2D eigenvalue weighted by atomic mass is 16.8. The summed E-state index contributed by atoms with van der Waals surface area (Å²) in [5.41, 5.74) is -1.15. The highest BCUT2D eigenvalue weighted by Gasteiger charge is 2.77. The summed E-state index contributed by atoms with van der Waals surface area (Å²) in [7, 11) is 0. The third kappa shape index (κ3) is 3.70. The van der Waals surface area contributed by atoms with Crippen LogP contribution in [-0.4, -0.2) is 46.6 Å². The third-order valence-corrected chi connectivity index (χ3v) is 9.34. The number of allylic oxidation sites excluding steroid dienone is 1. The Hall–Kier alpha value is -4.63. The van der Waals surface area contributed by atoms with Crippen molar-refractivity contribution < 1.29 is 39.1 Å². The molecule has 0 spiro atoms. The molecule has 7 rings (SSSR count). The van der Waals surface area contributed by atoms with E-state index in [4.69, 9.17) is 4.74 Å². The van der Waals surface area contributed by atoms with Crippen molar-refractivity contribution in [3.05, 3.63) is 70.1 Å². The summed E-state index contributed by atoms with van der Waals surface area (Å²) in [6, 6.07) is 10.2. The molecule has 4 atom stereocenters. The minimum Gasteiger partial charge on any atom is -0.733 e. The Morgan fingerprint density at radius 1 is 0.791 bits per heavy atom. The molecule has 2 N–H and O–H groups in total. The highest BCUT2D eigenvalue weighted by Crippen LogP contribution is 2.68. The normalized spacial score (nSPS) is 29.3. The summed E-state index contributed by atoms with van der Waals surface area (Å²) in [5, 5.41) is 40.2. The fraction of sp³-hybridized carbons (Fsp3) is 0.345. The average molecular weight is 591 g/mol. The standard InChI is InChI=1S/C29H26N4O10/c1-4-43-28(38)21-13(2)18-19-22(26(36)30(24(19)34)14-5-9-16(10-6-14)32(39)40)29(21,3)23-20(18)25(35)31(27(23)37)15-7-11-17(12-8-15)33(41)42/h5-12,18-20,22-23,39,41H,4H2,1-3H3/q-2. The maximum Gasteiger partial charge on any atom is 0.334 e. The predicted octanol–water partition coefficient (Wildman–Crippen LogP) is 2.51. The SMILES string of the molecule is CCOC(=O)C1=C(C)C2C3C(=O)N(c4ccc(N([O-])O)cc4)C(=O)C3C1(C)C1C(=O)N(c3ccc(N([O-])O)cc3)C(=O)C21. The van der Waals surface area contributed by atoms with E-state index in [1.807, 2.05) is 0 Å². The lowest BCUT2D eigenvalue weighted by Gasteiger charge is -2.55. The molecule has 2 aliphatic heterocycles. The van der Waals surface area contributed by atoms with Crippen molar-refractivity contribution in [2.24, 2.45) is 35.0 Å². The molecule has 224 valence electrons. The Kier molecular flexibility index (Phi) is 6.43. The second-order valence-electron chi connectivity index (χ2n) is 11.2. The lowest BCUT2D eigenvalue weighted by Crippen LogP contribution is -2.61. The van der Waals surface area contributed by atoms with E-state index in [0.29, 0.717) is 5.57 Å². The van der Waals surface area contributed by atoms with Crippen LogP contribution in [0.4, 0.5) is 22.7 Å². The van der Waals surface area contributed by atoms with Gasteiger partial charge in [0.05, 0.1) is 53.0 Å². The molecule has 2 bridgehead atoms. The number of carbonyl (C=O) groups excluding carboxylic acids is 5. The number of rotatable bonds is 6. The highest BCUT2D eigenvalue weighted by molar-refractivity contribution is 6.27. The van der Waals surface area contributed by atoms with Gasteiger partial charge in [0.25, 0.3) is 0 Å². The zero-order valence-corrected chi connectivity index (χ0v) is 23.2. The molecule has 14 nitrogen and oxygen atoms in total. The van der Waals surface area contributed by atoms with Crippen LogP contribution in [0, 0.1) is 45.4 Å². The van der Waals surface area contributed by atoms with Crippen molar-refractivity contribution in [1.82, 2.24) is 0 Å². The van der Waals surface area contributed by atoms with Crippen molar-refractivity contribution in [1.29, 1.82) is 0 Å². The number of hydrogen-bond donors (Lipinski definition) is 2. The Morgan fingerprint density at radius 3 is 1.53 bits per heavy atom. The first-order valence-electron chi connectivity index (χ1n) is 13.5. The summed E-state index contributed by atoms with van der Waals surface area (Å²) in [4.78, 5) is 71.8. The fourth-order valence-electron chi connectivity index (χ4n) is 7.78. The van der Waals surface area contributed by atoms with Gasteiger partial charge in [-0.25, -0.2) is 4.79 Å². The number of ether oxygens (including phenoxy) is 1. The van der Waals surface area contributed by atoms with E-state index in [9.17, 15) is 44.8 Å². The minimum atomic E-state index is -1.61. The zero-order chi connectivity index (χ0) is 31.1. The molecule has 2 saturated heterocycles. The molecule has 2 heterocycles. The van der Waals surface area contributed by atoms with E-state index in [1.165, 1.54) is 48.5 Å². The maximum absolute atomic E-state index is 14.2. The molecular formula is C29H26N4O10-2. The molecule has 14 heteroatoms. The van der Waals surface area contributed by atoms with Crippen LogP contribution in [0.1, 0.15) is 20.8 Å². The smallest absolute Gasteiger partial charge is 0.334 e. The number of hydrogen-bond acceptors (Lipinski definition) is 12. The number of nitrogens with zero attached hydrogens (tertiary/aromatic N) is 4. The van der Waals surface area contributed by atoms with Gasteiger partial charge in [-0.1, -0.05) is 12.5 Å². The van der Waals surface area contributed by atoms with Gasteiger partial charge in [0, 0.05) is 16.9 Å². The number of anilines is 4. The second kappa shape index (κ2) is 9.70. The average Bonchev–Trinajstić information content (AvgIpc) is 3.39. The van der Waals surface area contributed by atoms with Gasteiger partial charge in [0.2, 0.25) is 23.6 Å². The molecule has 3 aliphatic carbocycles. The Balaban J connectivity index is 1.49. The lowest BCUT2D eigenvalue weighted by molar-refractivity contribution is -0.155. The van der Waals surface area contributed by atoms with E-state index in [-0.39, 0.29) is 45.4 Å². The first kappa shape index (κ1) is 28.5. The van der Waals surface area contributed by atoms with E-state index in [1.54, 1.807) is 20.8 Å². The third-order valence-electron chi connectivity index (χ3n) is 9.34. The maximum atomic E-state index is 14.2. The van der Waals surface area contributed by atoms with E-state index >= 15 is 0 Å². The molecule has 43 heavy (non-hydrogen) atoms. The second-order valence-corrected chi connectivity index (χ2v) is 11.2. The Morgan fingerprint density at radius 2 is 1.19 bits per heavy atom. The molecule has 1 saturated carbocycles. The van der Waals surface area contributed by atoms with Crippen LogP contribution in [0.3, 0.4) is 0 Å². The molecule has 3 fully saturated rings. The van der Waals surface area contributed by atoms with Crippen LogP contribution >= 0.6 is 0 Å². The summed E-state index contributed by atoms with van der Waals surface area (Å²) >= 11 is 0. The molecule has 5 aliphatic rings. The van der Waals surface area contributed by atoms with Gasteiger partial charge in [-0.2, -0.15) is 0 Å². The van der Waals surface area contributed by atoms with Crippen molar-refractivity contribution in [2.45, 2.75) is 20.8 Å². The first-order valence-corrected chi connectivity index (χ1v) is 13.5. The van der Waals surface area contributed by atoms with Gasteiger partial charge in [-0.05, 0) is 62.4 Å². The van der Waals surface area contributed by atoms with E-state index in [2.05, 4.69) is 0 Å².